The lowest BCUT2D eigenvalue weighted by Gasteiger charge is -2.33. The van der Waals surface area contributed by atoms with Gasteiger partial charge in [0.2, 0.25) is 5.91 Å². The summed E-state index contributed by atoms with van der Waals surface area (Å²) >= 11 is 1.58. The first-order chi connectivity index (χ1) is 8.65. The topological polar surface area (TPSA) is 57.6 Å². The van der Waals surface area contributed by atoms with Gasteiger partial charge in [-0.3, -0.25) is 4.79 Å². The summed E-state index contributed by atoms with van der Waals surface area (Å²) in [7, 11) is 0. The molecule has 3 rings (SSSR count). The van der Waals surface area contributed by atoms with E-state index in [4.69, 9.17) is 0 Å². The van der Waals surface area contributed by atoms with Crippen molar-refractivity contribution in [2.75, 3.05) is 5.75 Å². The van der Waals surface area contributed by atoms with E-state index < -0.39 is 16.9 Å². The highest BCUT2D eigenvalue weighted by atomic mass is 32.2. The van der Waals surface area contributed by atoms with Crippen molar-refractivity contribution < 1.29 is 14.7 Å². The summed E-state index contributed by atoms with van der Waals surface area (Å²) in [5, 5.41) is 9.23. The first-order valence-electron chi connectivity index (χ1n) is 5.89. The Labute approximate surface area is 109 Å². The second-order valence-electron chi connectivity index (χ2n) is 4.58. The molecule has 2 saturated heterocycles. The van der Waals surface area contributed by atoms with Gasteiger partial charge < -0.3 is 10.0 Å². The van der Waals surface area contributed by atoms with Crippen molar-refractivity contribution in [1.82, 2.24) is 4.90 Å². The Bertz CT molecular complexity index is 504. The van der Waals surface area contributed by atoms with Crippen LogP contribution in [0.3, 0.4) is 0 Å². The van der Waals surface area contributed by atoms with Gasteiger partial charge in [0.1, 0.15) is 10.9 Å². The monoisotopic (exact) mass is 263 g/mol. The lowest BCUT2D eigenvalue weighted by molar-refractivity contribution is -0.148. The van der Waals surface area contributed by atoms with Gasteiger partial charge in [0.25, 0.3) is 0 Å². The molecule has 1 N–H and O–H groups in total. The van der Waals surface area contributed by atoms with E-state index in [1.54, 1.807) is 16.7 Å². The highest BCUT2D eigenvalue weighted by Gasteiger charge is 2.56. The number of amides is 1. The van der Waals surface area contributed by atoms with Crippen LogP contribution >= 0.6 is 11.8 Å². The van der Waals surface area contributed by atoms with Crippen molar-refractivity contribution in [3.05, 3.63) is 35.9 Å². The second kappa shape index (κ2) is 4.02. The number of fused-ring (bicyclic) bond motifs is 1. The number of thioether (sulfide) groups is 1. The summed E-state index contributed by atoms with van der Waals surface area (Å²) < 4.78 is 0. The zero-order valence-corrected chi connectivity index (χ0v) is 10.5. The molecule has 1 aromatic carbocycles. The minimum absolute atomic E-state index is 0.0451. The van der Waals surface area contributed by atoms with Crippen LogP contribution in [0.4, 0.5) is 0 Å². The molecular formula is C13H13NO3S. The third-order valence-electron chi connectivity index (χ3n) is 3.64. The van der Waals surface area contributed by atoms with Gasteiger partial charge in [0.05, 0.1) is 0 Å². The van der Waals surface area contributed by atoms with Crippen LogP contribution in [0.25, 0.3) is 0 Å². The van der Waals surface area contributed by atoms with E-state index in [1.807, 2.05) is 30.3 Å². The fraction of sp³-hybridized carbons (Fsp3) is 0.385. The standard InChI is InChI=1S/C13H13NO3S/c15-11-6-7-13(9-4-2-1-3-5-9)14(11)10(8-18-13)12(16)17/h1-5,10H,6-8H2,(H,16,17)/t10-,13+/m1/s1. The van der Waals surface area contributed by atoms with Crippen molar-refractivity contribution in [3.8, 4) is 0 Å². The van der Waals surface area contributed by atoms with E-state index in [2.05, 4.69) is 0 Å². The summed E-state index contributed by atoms with van der Waals surface area (Å²) in [4.78, 5) is 24.4. The maximum Gasteiger partial charge on any atom is 0.327 e. The highest BCUT2D eigenvalue weighted by Crippen LogP contribution is 2.54. The van der Waals surface area contributed by atoms with Crippen molar-refractivity contribution >= 4 is 23.6 Å². The van der Waals surface area contributed by atoms with Gasteiger partial charge in [-0.2, -0.15) is 0 Å². The average Bonchev–Trinajstić information content (AvgIpc) is 2.91. The van der Waals surface area contributed by atoms with Crippen molar-refractivity contribution in [3.63, 3.8) is 0 Å². The molecule has 4 nitrogen and oxygen atoms in total. The molecule has 2 fully saturated rings. The predicted molar refractivity (Wildman–Crippen MR) is 68.1 cm³/mol. The highest BCUT2D eigenvalue weighted by molar-refractivity contribution is 8.00. The number of rotatable bonds is 2. The maximum atomic E-state index is 12.0. The number of carboxylic acid groups (broad SMARTS) is 1. The number of benzene rings is 1. The zero-order valence-electron chi connectivity index (χ0n) is 9.70. The Kier molecular flexibility index (Phi) is 2.59. The number of hydrogen-bond donors (Lipinski definition) is 1. The van der Waals surface area contributed by atoms with Crippen molar-refractivity contribution in [2.24, 2.45) is 0 Å². The van der Waals surface area contributed by atoms with Gasteiger partial charge >= 0.3 is 5.97 Å². The summed E-state index contributed by atoms with van der Waals surface area (Å²) in [6.45, 7) is 0. The Hall–Kier alpha value is -1.49. The molecule has 2 heterocycles. The van der Waals surface area contributed by atoms with Gasteiger partial charge in [-0.1, -0.05) is 30.3 Å². The second-order valence-corrected chi connectivity index (χ2v) is 5.88. The zero-order chi connectivity index (χ0) is 12.8. The number of carboxylic acids is 1. The summed E-state index contributed by atoms with van der Waals surface area (Å²) in [6, 6.07) is 9.05. The number of hydrogen-bond acceptors (Lipinski definition) is 3. The molecular weight excluding hydrogens is 250 g/mol. The van der Waals surface area contributed by atoms with Crippen LogP contribution in [-0.4, -0.2) is 33.7 Å². The molecule has 18 heavy (non-hydrogen) atoms. The van der Waals surface area contributed by atoms with Gasteiger partial charge in [-0.15, -0.1) is 11.8 Å². The van der Waals surface area contributed by atoms with Gasteiger partial charge in [-0.25, -0.2) is 4.79 Å². The summed E-state index contributed by atoms with van der Waals surface area (Å²) in [5.74, 6) is -0.484. The quantitative estimate of drug-likeness (QED) is 0.881. The lowest BCUT2D eigenvalue weighted by Crippen LogP contribution is -2.45. The lowest BCUT2D eigenvalue weighted by atomic mass is 10.0. The SMILES string of the molecule is O=C(O)[C@H]1CS[C@]2(c3ccccc3)CCC(=O)N12. The number of nitrogens with zero attached hydrogens (tertiary/aromatic N) is 1. The first-order valence-corrected chi connectivity index (χ1v) is 6.88. The third kappa shape index (κ3) is 1.47. The molecule has 0 saturated carbocycles. The van der Waals surface area contributed by atoms with E-state index in [0.717, 1.165) is 5.56 Å². The third-order valence-corrected chi connectivity index (χ3v) is 5.23. The normalized spacial score (nSPS) is 30.6. The Balaban J connectivity index is 2.06. The number of aliphatic carboxylic acids is 1. The summed E-state index contributed by atoms with van der Waals surface area (Å²) in [6.07, 6.45) is 1.13. The minimum atomic E-state index is -0.907. The molecule has 94 valence electrons. The molecule has 2 aliphatic heterocycles. The molecule has 1 amide bonds. The molecule has 0 radical (unpaired) electrons. The van der Waals surface area contributed by atoms with Crippen LogP contribution in [0.5, 0.6) is 0 Å². The number of carbonyl (C=O) groups excluding carboxylic acids is 1. The maximum absolute atomic E-state index is 12.0. The van der Waals surface area contributed by atoms with Gasteiger partial charge in [0, 0.05) is 12.2 Å². The molecule has 0 aromatic heterocycles. The Morgan fingerprint density at radius 1 is 1.39 bits per heavy atom. The van der Waals surface area contributed by atoms with Crippen LogP contribution < -0.4 is 0 Å². The van der Waals surface area contributed by atoms with Crippen LogP contribution in [-0.2, 0) is 14.5 Å². The van der Waals surface area contributed by atoms with Crippen LogP contribution in [0, 0.1) is 0 Å². The molecule has 5 heteroatoms. The Morgan fingerprint density at radius 2 is 2.11 bits per heavy atom. The minimum Gasteiger partial charge on any atom is -0.480 e. The van der Waals surface area contributed by atoms with E-state index >= 15 is 0 Å². The molecule has 0 spiro atoms. The summed E-state index contributed by atoms with van der Waals surface area (Å²) in [5.41, 5.74) is 1.03. The average molecular weight is 263 g/mol. The predicted octanol–water partition coefficient (Wildman–Crippen LogP) is 1.66. The van der Waals surface area contributed by atoms with Gasteiger partial charge in [-0.05, 0) is 12.0 Å². The smallest absolute Gasteiger partial charge is 0.327 e. The van der Waals surface area contributed by atoms with Crippen LogP contribution in [0.1, 0.15) is 18.4 Å². The van der Waals surface area contributed by atoms with E-state index in [-0.39, 0.29) is 5.91 Å². The van der Waals surface area contributed by atoms with Crippen molar-refractivity contribution in [1.29, 1.82) is 0 Å². The molecule has 0 unspecified atom stereocenters. The first kappa shape index (κ1) is 11.6. The fourth-order valence-corrected chi connectivity index (χ4v) is 4.47. The van der Waals surface area contributed by atoms with E-state index in [0.29, 0.717) is 18.6 Å². The molecule has 0 bridgehead atoms. The fourth-order valence-electron chi connectivity index (χ4n) is 2.82. The van der Waals surface area contributed by atoms with Crippen LogP contribution in [0.15, 0.2) is 30.3 Å². The molecule has 0 aliphatic carbocycles. The van der Waals surface area contributed by atoms with E-state index in [9.17, 15) is 14.7 Å². The molecule has 2 atom stereocenters. The van der Waals surface area contributed by atoms with Gasteiger partial charge in [0.15, 0.2) is 0 Å². The van der Waals surface area contributed by atoms with Crippen LogP contribution in [0.2, 0.25) is 0 Å². The number of carbonyl (C=O) groups is 2. The Morgan fingerprint density at radius 3 is 2.78 bits per heavy atom. The largest absolute Gasteiger partial charge is 0.480 e. The van der Waals surface area contributed by atoms with Crippen molar-refractivity contribution in [2.45, 2.75) is 23.8 Å². The van der Waals surface area contributed by atoms with E-state index in [1.165, 1.54) is 0 Å². The molecule has 1 aromatic rings. The molecule has 2 aliphatic rings.